The molecule has 1 atom stereocenters. The van der Waals surface area contributed by atoms with Gasteiger partial charge in [0.05, 0.1) is 6.10 Å². The number of thiazole rings is 1. The highest BCUT2D eigenvalue weighted by Gasteiger charge is 2.11. The number of hydrogen-bond acceptors (Lipinski definition) is 4. The highest BCUT2D eigenvalue weighted by atomic mass is 32.1. The normalized spacial score (nSPS) is 12.5. The lowest BCUT2D eigenvalue weighted by Gasteiger charge is -2.08. The topological polar surface area (TPSA) is 71.3 Å². The number of nitrogens with one attached hydrogen (secondary N) is 1. The molecule has 16 heavy (non-hydrogen) atoms. The standard InChI is InChI=1S/C10H16N2O3S/c1-6(13)4-11-9(14)5-12-7(2)8(3)16-10(12)15/h6,13H,4-5H2,1-3H3,(H,11,14). The van der Waals surface area contributed by atoms with Crippen LogP contribution in [0.15, 0.2) is 4.79 Å². The van der Waals surface area contributed by atoms with Crippen LogP contribution in [0.4, 0.5) is 0 Å². The second-order valence-electron chi connectivity index (χ2n) is 3.75. The molecule has 1 aromatic rings. The molecule has 0 aliphatic carbocycles. The minimum absolute atomic E-state index is 0.0156. The Balaban J connectivity index is 2.66. The van der Waals surface area contributed by atoms with Gasteiger partial charge in [-0.25, -0.2) is 0 Å². The fourth-order valence-electron chi connectivity index (χ4n) is 1.23. The molecule has 90 valence electrons. The Kier molecular flexibility index (Phi) is 4.26. The molecule has 5 nitrogen and oxygen atoms in total. The van der Waals surface area contributed by atoms with E-state index in [1.165, 1.54) is 4.57 Å². The second kappa shape index (κ2) is 5.27. The first kappa shape index (κ1) is 12.9. The fraction of sp³-hybridized carbons (Fsp3) is 0.600. The quantitative estimate of drug-likeness (QED) is 0.784. The maximum atomic E-state index is 11.5. The zero-order chi connectivity index (χ0) is 12.3. The van der Waals surface area contributed by atoms with Crippen molar-refractivity contribution in [1.82, 2.24) is 9.88 Å². The molecule has 1 amide bonds. The maximum absolute atomic E-state index is 11.5. The predicted molar refractivity (Wildman–Crippen MR) is 62.7 cm³/mol. The summed E-state index contributed by atoms with van der Waals surface area (Å²) in [6.45, 7) is 5.48. The van der Waals surface area contributed by atoms with E-state index in [1.54, 1.807) is 6.92 Å². The van der Waals surface area contributed by atoms with Gasteiger partial charge in [-0.05, 0) is 20.8 Å². The van der Waals surface area contributed by atoms with Gasteiger partial charge in [-0.2, -0.15) is 0 Å². The van der Waals surface area contributed by atoms with Crippen molar-refractivity contribution in [3.63, 3.8) is 0 Å². The highest BCUT2D eigenvalue weighted by Crippen LogP contribution is 2.08. The summed E-state index contributed by atoms with van der Waals surface area (Å²) >= 11 is 1.14. The van der Waals surface area contributed by atoms with Gasteiger partial charge >= 0.3 is 4.87 Å². The molecule has 1 rings (SSSR count). The summed E-state index contributed by atoms with van der Waals surface area (Å²) in [6.07, 6.45) is -0.578. The van der Waals surface area contributed by atoms with Crippen LogP contribution in [-0.4, -0.2) is 28.2 Å². The molecule has 0 radical (unpaired) electrons. The van der Waals surface area contributed by atoms with Crippen LogP contribution in [0, 0.1) is 13.8 Å². The number of aryl methyl sites for hydroxylation is 1. The lowest BCUT2D eigenvalue weighted by molar-refractivity contribution is -0.122. The molecule has 0 fully saturated rings. The summed E-state index contributed by atoms with van der Waals surface area (Å²) in [5.74, 6) is -0.260. The minimum atomic E-state index is -0.578. The molecule has 0 saturated carbocycles. The van der Waals surface area contributed by atoms with Crippen molar-refractivity contribution in [2.24, 2.45) is 0 Å². The van der Waals surface area contributed by atoms with Crippen LogP contribution in [0.1, 0.15) is 17.5 Å². The number of hydrogen-bond donors (Lipinski definition) is 2. The first-order chi connectivity index (χ1) is 7.41. The van der Waals surface area contributed by atoms with E-state index in [0.29, 0.717) is 0 Å². The zero-order valence-corrected chi connectivity index (χ0v) is 10.4. The third-order valence-corrected chi connectivity index (χ3v) is 3.27. The monoisotopic (exact) mass is 244 g/mol. The van der Waals surface area contributed by atoms with E-state index in [9.17, 15) is 9.59 Å². The van der Waals surface area contributed by atoms with Crippen molar-refractivity contribution in [2.45, 2.75) is 33.4 Å². The van der Waals surface area contributed by atoms with Crippen LogP contribution >= 0.6 is 11.3 Å². The Labute approximate surface area is 97.7 Å². The summed E-state index contributed by atoms with van der Waals surface area (Å²) in [6, 6.07) is 0. The van der Waals surface area contributed by atoms with Crippen LogP contribution in [-0.2, 0) is 11.3 Å². The molecule has 6 heteroatoms. The first-order valence-corrected chi connectivity index (χ1v) is 5.85. The Hall–Kier alpha value is -1.14. The molecule has 0 aromatic carbocycles. The van der Waals surface area contributed by atoms with Crippen LogP contribution < -0.4 is 10.2 Å². The van der Waals surface area contributed by atoms with E-state index < -0.39 is 6.10 Å². The summed E-state index contributed by atoms with van der Waals surface area (Å²) in [4.78, 5) is 23.7. The van der Waals surface area contributed by atoms with E-state index in [2.05, 4.69) is 5.32 Å². The largest absolute Gasteiger partial charge is 0.392 e. The first-order valence-electron chi connectivity index (χ1n) is 5.03. The van der Waals surface area contributed by atoms with Crippen molar-refractivity contribution in [3.05, 3.63) is 20.2 Å². The Morgan fingerprint density at radius 3 is 2.62 bits per heavy atom. The van der Waals surface area contributed by atoms with E-state index in [4.69, 9.17) is 5.11 Å². The van der Waals surface area contributed by atoms with Crippen LogP contribution in [0.5, 0.6) is 0 Å². The number of carbonyl (C=O) groups excluding carboxylic acids is 1. The molecule has 0 aliphatic heterocycles. The number of carbonyl (C=O) groups is 1. The number of aromatic nitrogens is 1. The van der Waals surface area contributed by atoms with Gasteiger partial charge in [0.1, 0.15) is 6.54 Å². The molecule has 0 bridgehead atoms. The van der Waals surface area contributed by atoms with Gasteiger partial charge in [0, 0.05) is 17.1 Å². The van der Waals surface area contributed by atoms with Gasteiger partial charge in [-0.3, -0.25) is 14.2 Å². The average Bonchev–Trinajstić information content (AvgIpc) is 2.42. The Morgan fingerprint density at radius 1 is 1.56 bits per heavy atom. The number of amides is 1. The Bertz CT molecular complexity index is 434. The van der Waals surface area contributed by atoms with Crippen molar-refractivity contribution in [2.75, 3.05) is 6.54 Å². The number of nitrogens with zero attached hydrogens (tertiary/aromatic N) is 1. The number of aliphatic hydroxyl groups is 1. The third kappa shape index (κ3) is 3.18. The van der Waals surface area contributed by atoms with Gasteiger partial charge in [0.2, 0.25) is 5.91 Å². The Morgan fingerprint density at radius 2 is 2.19 bits per heavy atom. The highest BCUT2D eigenvalue weighted by molar-refractivity contribution is 7.09. The van der Waals surface area contributed by atoms with Gasteiger partial charge in [0.15, 0.2) is 0 Å². The van der Waals surface area contributed by atoms with Crippen LogP contribution in [0.2, 0.25) is 0 Å². The van der Waals surface area contributed by atoms with Gasteiger partial charge in [-0.1, -0.05) is 11.3 Å². The number of aliphatic hydroxyl groups excluding tert-OH is 1. The smallest absolute Gasteiger partial charge is 0.308 e. The summed E-state index contributed by atoms with van der Waals surface area (Å²) in [5, 5.41) is 11.5. The van der Waals surface area contributed by atoms with Gasteiger partial charge in [-0.15, -0.1) is 0 Å². The molecule has 0 spiro atoms. The third-order valence-electron chi connectivity index (χ3n) is 2.27. The van der Waals surface area contributed by atoms with Crippen molar-refractivity contribution < 1.29 is 9.90 Å². The van der Waals surface area contributed by atoms with E-state index >= 15 is 0 Å². The van der Waals surface area contributed by atoms with Crippen LogP contribution in [0.25, 0.3) is 0 Å². The molecule has 1 aromatic heterocycles. The molecule has 0 saturated heterocycles. The minimum Gasteiger partial charge on any atom is -0.392 e. The molecule has 1 heterocycles. The molecule has 2 N–H and O–H groups in total. The summed E-state index contributed by atoms with van der Waals surface area (Å²) in [5.41, 5.74) is 0.821. The van der Waals surface area contributed by atoms with Crippen molar-refractivity contribution >= 4 is 17.2 Å². The molecule has 0 aliphatic rings. The molecule has 1 unspecified atom stereocenters. The average molecular weight is 244 g/mol. The molecular formula is C10H16N2O3S. The van der Waals surface area contributed by atoms with Gasteiger partial charge in [0.25, 0.3) is 0 Å². The second-order valence-corrected chi connectivity index (χ2v) is 4.91. The SMILES string of the molecule is Cc1sc(=O)n(CC(=O)NCC(C)O)c1C. The van der Waals surface area contributed by atoms with E-state index in [1.807, 2.05) is 13.8 Å². The maximum Gasteiger partial charge on any atom is 0.308 e. The van der Waals surface area contributed by atoms with Gasteiger partial charge < -0.3 is 10.4 Å². The predicted octanol–water partition coefficient (Wildman–Crippen LogP) is 0.0236. The van der Waals surface area contributed by atoms with Crippen molar-refractivity contribution in [3.8, 4) is 0 Å². The van der Waals surface area contributed by atoms with E-state index in [0.717, 1.165) is 21.9 Å². The lowest BCUT2D eigenvalue weighted by atomic mass is 10.4. The summed E-state index contributed by atoms with van der Waals surface area (Å²) < 4.78 is 1.44. The molecular weight excluding hydrogens is 228 g/mol. The zero-order valence-electron chi connectivity index (χ0n) is 9.61. The van der Waals surface area contributed by atoms with Crippen molar-refractivity contribution in [1.29, 1.82) is 0 Å². The summed E-state index contributed by atoms with van der Waals surface area (Å²) in [7, 11) is 0. The number of rotatable bonds is 4. The fourth-order valence-corrected chi connectivity index (χ4v) is 2.06. The van der Waals surface area contributed by atoms with E-state index in [-0.39, 0.29) is 23.9 Å². The van der Waals surface area contributed by atoms with Crippen LogP contribution in [0.3, 0.4) is 0 Å². The lowest BCUT2D eigenvalue weighted by Crippen LogP contribution is -2.35.